The largest absolute Gasteiger partial charge is 0.480 e. The van der Waals surface area contributed by atoms with E-state index in [0.717, 1.165) is 0 Å². The van der Waals surface area contributed by atoms with Gasteiger partial charge in [0.25, 0.3) is 5.92 Å². The number of nitrogens with one attached hydrogen (secondary N) is 1. The zero-order valence-corrected chi connectivity index (χ0v) is 9.83. The number of aliphatic carboxylic acids is 1. The summed E-state index contributed by atoms with van der Waals surface area (Å²) in [5.74, 6) is -4.34. The van der Waals surface area contributed by atoms with Gasteiger partial charge in [0.15, 0.2) is 0 Å². The molecule has 0 saturated carbocycles. The first-order valence-corrected chi connectivity index (χ1v) is 5.88. The number of rotatable bonds is 4. The van der Waals surface area contributed by atoms with Crippen LogP contribution >= 0.6 is 0 Å². The van der Waals surface area contributed by atoms with E-state index in [1.54, 1.807) is 6.07 Å². The van der Waals surface area contributed by atoms with Crippen molar-refractivity contribution in [3.8, 4) is 0 Å². The number of carbonyl (C=O) groups is 1. The van der Waals surface area contributed by atoms with E-state index in [1.807, 2.05) is 0 Å². The first-order chi connectivity index (χ1) is 8.46. The third-order valence-corrected chi connectivity index (χ3v) is 3.37. The molecule has 2 N–H and O–H groups in total. The third kappa shape index (κ3) is 2.36. The number of carboxylic acids is 1. The maximum atomic E-state index is 14.1. The number of benzene rings is 1. The Hall–Kier alpha value is -1.49. The van der Waals surface area contributed by atoms with Crippen molar-refractivity contribution >= 4 is 5.97 Å². The van der Waals surface area contributed by atoms with Gasteiger partial charge in [-0.1, -0.05) is 30.3 Å². The fourth-order valence-electron chi connectivity index (χ4n) is 2.38. The van der Waals surface area contributed by atoms with Crippen LogP contribution < -0.4 is 5.32 Å². The molecular weight excluding hydrogens is 240 g/mol. The molecule has 1 saturated heterocycles. The number of hydrogen-bond acceptors (Lipinski definition) is 2. The lowest BCUT2D eigenvalue weighted by Crippen LogP contribution is -2.50. The van der Waals surface area contributed by atoms with Crippen molar-refractivity contribution in [3.63, 3.8) is 0 Å². The van der Waals surface area contributed by atoms with Gasteiger partial charge in [0, 0.05) is 12.0 Å². The number of hydrogen-bond donors (Lipinski definition) is 2. The van der Waals surface area contributed by atoms with Crippen molar-refractivity contribution in [2.24, 2.45) is 0 Å². The minimum Gasteiger partial charge on any atom is -0.480 e. The van der Waals surface area contributed by atoms with Gasteiger partial charge < -0.3 is 10.4 Å². The van der Waals surface area contributed by atoms with Gasteiger partial charge in [-0.3, -0.25) is 4.79 Å². The summed E-state index contributed by atoms with van der Waals surface area (Å²) in [5.41, 5.74) is -1.64. The van der Waals surface area contributed by atoms with Crippen LogP contribution in [-0.2, 0) is 10.7 Å². The predicted octanol–water partition coefficient (Wildman–Crippen LogP) is 2.38. The average molecular weight is 255 g/mol. The molecule has 2 rings (SSSR count). The standard InChI is InChI=1S/C13H15F2NO2/c14-13(15,10-5-2-1-3-6-10)9-12(11(17)18)7-4-8-16-12/h1-3,5-6,16H,4,7-9H2,(H,17,18). The SMILES string of the molecule is O=C(O)C1(CC(F)(F)c2ccccc2)CCCN1. The van der Waals surface area contributed by atoms with Gasteiger partial charge in [-0.25, -0.2) is 8.78 Å². The van der Waals surface area contributed by atoms with Crippen LogP contribution in [-0.4, -0.2) is 23.2 Å². The van der Waals surface area contributed by atoms with Gasteiger partial charge in [0.1, 0.15) is 5.54 Å². The minimum absolute atomic E-state index is 0.140. The molecule has 1 unspecified atom stereocenters. The summed E-state index contributed by atoms with van der Waals surface area (Å²) in [6, 6.07) is 7.35. The topological polar surface area (TPSA) is 49.3 Å². The van der Waals surface area contributed by atoms with E-state index in [0.29, 0.717) is 13.0 Å². The Morgan fingerprint density at radius 2 is 2.06 bits per heavy atom. The van der Waals surface area contributed by atoms with E-state index in [1.165, 1.54) is 24.3 Å². The Bertz CT molecular complexity index is 428. The fraction of sp³-hybridized carbons (Fsp3) is 0.462. The van der Waals surface area contributed by atoms with Gasteiger partial charge in [0.05, 0.1) is 0 Å². The Labute approximate surface area is 104 Å². The molecule has 1 aromatic rings. The molecular formula is C13H15F2NO2. The highest BCUT2D eigenvalue weighted by atomic mass is 19.3. The van der Waals surface area contributed by atoms with E-state index in [-0.39, 0.29) is 12.0 Å². The van der Waals surface area contributed by atoms with E-state index < -0.39 is 23.9 Å². The monoisotopic (exact) mass is 255 g/mol. The smallest absolute Gasteiger partial charge is 0.324 e. The highest BCUT2D eigenvalue weighted by Gasteiger charge is 2.49. The van der Waals surface area contributed by atoms with E-state index in [2.05, 4.69) is 5.32 Å². The van der Waals surface area contributed by atoms with Gasteiger partial charge in [-0.2, -0.15) is 0 Å². The van der Waals surface area contributed by atoms with Gasteiger partial charge in [0.2, 0.25) is 0 Å². The molecule has 1 heterocycles. The molecule has 1 aromatic carbocycles. The minimum atomic E-state index is -3.14. The molecule has 0 bridgehead atoms. The van der Waals surface area contributed by atoms with Crippen molar-refractivity contribution < 1.29 is 18.7 Å². The zero-order valence-electron chi connectivity index (χ0n) is 9.83. The molecule has 3 nitrogen and oxygen atoms in total. The maximum absolute atomic E-state index is 14.1. The summed E-state index contributed by atoms with van der Waals surface area (Å²) in [7, 11) is 0. The molecule has 1 fully saturated rings. The molecule has 1 atom stereocenters. The fourth-order valence-corrected chi connectivity index (χ4v) is 2.38. The summed E-state index contributed by atoms with van der Waals surface area (Å²) in [6.07, 6.45) is 0.140. The molecule has 1 aliphatic rings. The average Bonchev–Trinajstić information content (AvgIpc) is 2.79. The molecule has 0 amide bonds. The highest BCUT2D eigenvalue weighted by Crippen LogP contribution is 2.39. The molecule has 0 spiro atoms. The van der Waals surface area contributed by atoms with Crippen molar-refractivity contribution in [1.29, 1.82) is 0 Å². The van der Waals surface area contributed by atoms with Crippen LogP contribution in [0.4, 0.5) is 8.78 Å². The van der Waals surface area contributed by atoms with Crippen molar-refractivity contribution in [3.05, 3.63) is 35.9 Å². The second-order valence-electron chi connectivity index (χ2n) is 4.66. The Kier molecular flexibility index (Phi) is 3.34. The number of halogens is 2. The normalized spacial score (nSPS) is 24.1. The Morgan fingerprint density at radius 1 is 1.39 bits per heavy atom. The summed E-state index contributed by atoms with van der Waals surface area (Å²) >= 11 is 0. The van der Waals surface area contributed by atoms with Crippen LogP contribution in [0.3, 0.4) is 0 Å². The lowest BCUT2D eigenvalue weighted by molar-refractivity contribution is -0.149. The van der Waals surface area contributed by atoms with Gasteiger partial charge >= 0.3 is 5.97 Å². The molecule has 0 aromatic heterocycles. The Balaban J connectivity index is 2.24. The quantitative estimate of drug-likeness (QED) is 0.868. The van der Waals surface area contributed by atoms with Gasteiger partial charge in [-0.15, -0.1) is 0 Å². The van der Waals surface area contributed by atoms with Crippen LogP contribution in [0.1, 0.15) is 24.8 Å². The number of carboxylic acid groups (broad SMARTS) is 1. The second-order valence-corrected chi connectivity index (χ2v) is 4.66. The molecule has 1 aliphatic heterocycles. The van der Waals surface area contributed by atoms with Crippen LogP contribution in [0.2, 0.25) is 0 Å². The predicted molar refractivity (Wildman–Crippen MR) is 62.6 cm³/mol. The molecule has 98 valence electrons. The molecule has 0 aliphatic carbocycles. The number of alkyl halides is 2. The van der Waals surface area contributed by atoms with Crippen molar-refractivity contribution in [2.75, 3.05) is 6.54 Å². The van der Waals surface area contributed by atoms with Crippen LogP contribution in [0.5, 0.6) is 0 Å². The first kappa shape index (κ1) is 13.0. The zero-order chi connectivity index (χ0) is 13.2. The van der Waals surface area contributed by atoms with Crippen LogP contribution in [0.15, 0.2) is 30.3 Å². The van der Waals surface area contributed by atoms with E-state index in [9.17, 15) is 18.7 Å². The second kappa shape index (κ2) is 4.65. The lowest BCUT2D eigenvalue weighted by atomic mass is 9.87. The lowest BCUT2D eigenvalue weighted by Gasteiger charge is -2.29. The van der Waals surface area contributed by atoms with Crippen molar-refractivity contribution in [1.82, 2.24) is 5.32 Å². The van der Waals surface area contributed by atoms with E-state index in [4.69, 9.17) is 0 Å². The summed E-state index contributed by atoms with van der Waals surface area (Å²) in [5, 5.41) is 11.9. The van der Waals surface area contributed by atoms with Crippen LogP contribution in [0.25, 0.3) is 0 Å². The van der Waals surface area contributed by atoms with E-state index >= 15 is 0 Å². The third-order valence-electron chi connectivity index (χ3n) is 3.37. The summed E-state index contributed by atoms with van der Waals surface area (Å²) in [6.45, 7) is 0.469. The summed E-state index contributed by atoms with van der Waals surface area (Å²) < 4.78 is 28.2. The highest BCUT2D eigenvalue weighted by molar-refractivity contribution is 5.79. The Morgan fingerprint density at radius 3 is 2.56 bits per heavy atom. The molecule has 0 radical (unpaired) electrons. The van der Waals surface area contributed by atoms with Crippen LogP contribution in [0, 0.1) is 0 Å². The summed E-state index contributed by atoms with van der Waals surface area (Å²) in [4.78, 5) is 11.2. The maximum Gasteiger partial charge on any atom is 0.324 e. The first-order valence-electron chi connectivity index (χ1n) is 5.88. The molecule has 18 heavy (non-hydrogen) atoms. The molecule has 5 heteroatoms. The van der Waals surface area contributed by atoms with Gasteiger partial charge in [-0.05, 0) is 19.4 Å². The van der Waals surface area contributed by atoms with Crippen molar-refractivity contribution in [2.45, 2.75) is 30.7 Å².